The third kappa shape index (κ3) is 3.22. The van der Waals surface area contributed by atoms with Crippen LogP contribution in [0, 0.1) is 11.8 Å². The van der Waals surface area contributed by atoms with Gasteiger partial charge in [0.05, 0.1) is 40.2 Å². The maximum absolute atomic E-state index is 12.9. The molecule has 3 aliphatic rings. The molecule has 1 aromatic carbocycles. The van der Waals surface area contributed by atoms with Gasteiger partial charge in [-0.25, -0.2) is 9.97 Å². The Morgan fingerprint density at radius 3 is 2.65 bits per heavy atom. The molecule has 8 heteroatoms. The standard InChI is InChI=1S/C26H29N5O2S/c32-19-8-16-11-30(12-17(16)9-19)26-22-23(27-13-28-25(22)33)24(34-26)15-6-7-21-20(10-15)29-14-31(21)18-4-2-1-3-5-18/h6-7,10,13-14,16-19,32H,1-5,8-9,11-12H2,(H,27,28,33). The quantitative estimate of drug-likeness (QED) is 0.448. The SMILES string of the molecule is O=c1[nH]cnc2c(-c3ccc4c(c3)ncn4C3CCCCC3)sc(N3CC4CC(O)CC4C3)c12. The topological polar surface area (TPSA) is 87.0 Å². The summed E-state index contributed by atoms with van der Waals surface area (Å²) in [6, 6.07) is 7.05. The van der Waals surface area contributed by atoms with E-state index in [2.05, 4.69) is 37.6 Å². The third-order valence-corrected chi connectivity index (χ3v) is 9.59. The minimum Gasteiger partial charge on any atom is -0.393 e. The highest BCUT2D eigenvalue weighted by Gasteiger charge is 2.41. The van der Waals surface area contributed by atoms with Crippen molar-refractivity contribution in [3.63, 3.8) is 0 Å². The number of nitrogens with one attached hydrogen (secondary N) is 1. The molecule has 2 atom stereocenters. The monoisotopic (exact) mass is 475 g/mol. The maximum Gasteiger partial charge on any atom is 0.261 e. The molecule has 1 saturated heterocycles. The third-order valence-electron chi connectivity index (χ3n) is 8.30. The lowest BCUT2D eigenvalue weighted by atomic mass is 9.95. The van der Waals surface area contributed by atoms with Gasteiger partial charge in [-0.1, -0.05) is 25.3 Å². The van der Waals surface area contributed by atoms with Crippen LogP contribution in [-0.2, 0) is 0 Å². The van der Waals surface area contributed by atoms with E-state index in [9.17, 15) is 9.90 Å². The number of benzene rings is 1. The number of imidazole rings is 1. The fraction of sp³-hybridized carbons (Fsp3) is 0.500. The zero-order chi connectivity index (χ0) is 22.8. The molecule has 7 nitrogen and oxygen atoms in total. The molecule has 2 N–H and O–H groups in total. The van der Waals surface area contributed by atoms with Gasteiger partial charge in [0.2, 0.25) is 0 Å². The number of H-pyrrole nitrogens is 1. The first kappa shape index (κ1) is 20.6. The molecule has 2 unspecified atom stereocenters. The fourth-order valence-corrected chi connectivity index (χ4v) is 7.90. The number of fused-ring (bicyclic) bond motifs is 3. The van der Waals surface area contributed by atoms with Gasteiger partial charge in [0.15, 0.2) is 0 Å². The molecule has 4 heterocycles. The van der Waals surface area contributed by atoms with Crippen molar-refractivity contribution in [2.45, 2.75) is 57.1 Å². The molecule has 34 heavy (non-hydrogen) atoms. The molecule has 3 fully saturated rings. The molecule has 3 aromatic heterocycles. The van der Waals surface area contributed by atoms with E-state index in [1.165, 1.54) is 43.9 Å². The average molecular weight is 476 g/mol. The van der Waals surface area contributed by atoms with Crippen molar-refractivity contribution in [2.75, 3.05) is 18.0 Å². The van der Waals surface area contributed by atoms with Gasteiger partial charge < -0.3 is 19.6 Å². The van der Waals surface area contributed by atoms with Crippen molar-refractivity contribution >= 4 is 38.3 Å². The first-order valence-electron chi connectivity index (χ1n) is 12.6. The number of aromatic amines is 1. The van der Waals surface area contributed by atoms with Crippen LogP contribution in [0.15, 0.2) is 35.6 Å². The Kier molecular flexibility index (Phi) is 4.81. The van der Waals surface area contributed by atoms with Crippen LogP contribution in [0.3, 0.4) is 0 Å². The summed E-state index contributed by atoms with van der Waals surface area (Å²) in [5.41, 5.74) is 3.94. The molecule has 2 saturated carbocycles. The number of nitrogens with zero attached hydrogens (tertiary/aromatic N) is 4. The van der Waals surface area contributed by atoms with Gasteiger partial charge in [0.25, 0.3) is 5.56 Å². The Balaban J connectivity index is 1.30. The van der Waals surface area contributed by atoms with Gasteiger partial charge in [-0.2, -0.15) is 0 Å². The smallest absolute Gasteiger partial charge is 0.261 e. The highest BCUT2D eigenvalue weighted by molar-refractivity contribution is 7.21. The summed E-state index contributed by atoms with van der Waals surface area (Å²) >= 11 is 1.67. The van der Waals surface area contributed by atoms with E-state index in [0.717, 1.165) is 52.4 Å². The summed E-state index contributed by atoms with van der Waals surface area (Å²) in [6.07, 6.45) is 11.5. The Morgan fingerprint density at radius 2 is 1.85 bits per heavy atom. The van der Waals surface area contributed by atoms with E-state index >= 15 is 0 Å². The number of aliphatic hydroxyl groups is 1. The summed E-state index contributed by atoms with van der Waals surface area (Å²) in [5, 5.41) is 11.7. The highest BCUT2D eigenvalue weighted by Crippen LogP contribution is 2.47. The molecule has 0 bridgehead atoms. The van der Waals surface area contributed by atoms with E-state index < -0.39 is 0 Å². The van der Waals surface area contributed by atoms with E-state index in [1.807, 2.05) is 6.33 Å². The van der Waals surface area contributed by atoms with Crippen molar-refractivity contribution in [1.29, 1.82) is 0 Å². The first-order valence-corrected chi connectivity index (χ1v) is 13.4. The number of thiophene rings is 1. The fourth-order valence-electron chi connectivity index (χ4n) is 6.64. The second-order valence-corrected chi connectivity index (χ2v) is 11.4. The molecule has 0 radical (unpaired) electrons. The normalized spacial score (nSPS) is 25.6. The van der Waals surface area contributed by atoms with Crippen LogP contribution in [0.2, 0.25) is 0 Å². The molecule has 2 aliphatic carbocycles. The summed E-state index contributed by atoms with van der Waals surface area (Å²) in [4.78, 5) is 28.5. The number of rotatable bonds is 3. The van der Waals surface area contributed by atoms with Crippen LogP contribution >= 0.6 is 11.3 Å². The number of hydrogen-bond acceptors (Lipinski definition) is 6. The van der Waals surface area contributed by atoms with Gasteiger partial charge in [-0.15, -0.1) is 11.3 Å². The largest absolute Gasteiger partial charge is 0.393 e. The van der Waals surface area contributed by atoms with Crippen LogP contribution in [-0.4, -0.2) is 43.8 Å². The Labute approximate surface area is 201 Å². The average Bonchev–Trinajstić information content (AvgIpc) is 3.60. The number of hydrogen-bond donors (Lipinski definition) is 2. The van der Waals surface area contributed by atoms with Crippen LogP contribution in [0.5, 0.6) is 0 Å². The van der Waals surface area contributed by atoms with Gasteiger partial charge in [0, 0.05) is 19.1 Å². The van der Waals surface area contributed by atoms with E-state index in [1.54, 1.807) is 11.3 Å². The Morgan fingerprint density at radius 1 is 1.06 bits per heavy atom. The van der Waals surface area contributed by atoms with E-state index in [-0.39, 0.29) is 11.7 Å². The highest BCUT2D eigenvalue weighted by atomic mass is 32.1. The van der Waals surface area contributed by atoms with Crippen molar-refractivity contribution in [3.8, 4) is 10.4 Å². The molecule has 1 aliphatic heterocycles. The maximum atomic E-state index is 12.9. The molecule has 7 rings (SSSR count). The zero-order valence-electron chi connectivity index (χ0n) is 19.1. The van der Waals surface area contributed by atoms with Crippen LogP contribution in [0.1, 0.15) is 51.0 Å². The van der Waals surface area contributed by atoms with Crippen LogP contribution in [0.25, 0.3) is 32.4 Å². The van der Waals surface area contributed by atoms with Gasteiger partial charge in [-0.05, 0) is 55.2 Å². The minimum atomic E-state index is -0.169. The summed E-state index contributed by atoms with van der Waals surface area (Å²) in [6.45, 7) is 1.80. The lowest BCUT2D eigenvalue weighted by molar-refractivity contribution is 0.174. The molecular weight excluding hydrogens is 446 g/mol. The lowest BCUT2D eigenvalue weighted by Gasteiger charge is -2.23. The number of aliphatic hydroxyl groups excluding tert-OH is 1. The Hall–Kier alpha value is -2.71. The van der Waals surface area contributed by atoms with Crippen molar-refractivity contribution in [1.82, 2.24) is 19.5 Å². The molecular formula is C26H29N5O2S. The van der Waals surface area contributed by atoms with E-state index in [4.69, 9.17) is 4.98 Å². The predicted molar refractivity (Wildman–Crippen MR) is 136 cm³/mol. The van der Waals surface area contributed by atoms with Crippen LogP contribution < -0.4 is 10.5 Å². The minimum absolute atomic E-state index is 0.0813. The number of aromatic nitrogens is 4. The van der Waals surface area contributed by atoms with Crippen molar-refractivity contribution in [3.05, 3.63) is 41.2 Å². The summed E-state index contributed by atoms with van der Waals surface area (Å²) in [5.74, 6) is 1.01. The van der Waals surface area contributed by atoms with Gasteiger partial charge in [0.1, 0.15) is 10.4 Å². The van der Waals surface area contributed by atoms with Crippen molar-refractivity contribution < 1.29 is 5.11 Å². The second kappa shape index (κ2) is 7.92. The van der Waals surface area contributed by atoms with Gasteiger partial charge in [-0.3, -0.25) is 4.79 Å². The van der Waals surface area contributed by atoms with Gasteiger partial charge >= 0.3 is 0 Å². The molecule has 0 spiro atoms. The molecule has 4 aromatic rings. The Bertz CT molecular complexity index is 1420. The number of anilines is 1. The van der Waals surface area contributed by atoms with E-state index in [0.29, 0.717) is 23.3 Å². The predicted octanol–water partition coefficient (Wildman–Crippen LogP) is 4.71. The molecule has 0 amide bonds. The second-order valence-electron chi connectivity index (χ2n) is 10.4. The summed E-state index contributed by atoms with van der Waals surface area (Å²) < 4.78 is 2.36. The summed E-state index contributed by atoms with van der Waals surface area (Å²) in [7, 11) is 0. The lowest BCUT2D eigenvalue weighted by Crippen LogP contribution is -2.23. The zero-order valence-corrected chi connectivity index (χ0v) is 19.9. The first-order chi connectivity index (χ1) is 16.7. The molecule has 176 valence electrons. The van der Waals surface area contributed by atoms with Crippen molar-refractivity contribution in [2.24, 2.45) is 11.8 Å². The van der Waals surface area contributed by atoms with Crippen LogP contribution in [0.4, 0.5) is 5.00 Å².